The van der Waals surface area contributed by atoms with Gasteiger partial charge in [0.1, 0.15) is 11.6 Å². The topological polar surface area (TPSA) is 54.0 Å². The molecule has 0 aliphatic heterocycles. The summed E-state index contributed by atoms with van der Waals surface area (Å²) in [5.41, 5.74) is -0.580. The molecule has 1 aromatic heterocycles. The normalized spacial score (nSPS) is 14.2. The van der Waals surface area contributed by atoms with Gasteiger partial charge in [0.25, 0.3) is 0 Å². The van der Waals surface area contributed by atoms with Crippen LogP contribution in [0.4, 0.5) is 13.2 Å². The number of halogens is 3. The molecule has 1 atom stereocenters. The van der Waals surface area contributed by atoms with Crippen molar-refractivity contribution < 1.29 is 18.0 Å². The molecule has 0 spiro atoms. The second kappa shape index (κ2) is 5.87. The smallest absolute Gasteiger partial charge is 0.346 e. The third kappa shape index (κ3) is 5.15. The molecule has 0 aliphatic carbocycles. The lowest BCUT2D eigenvalue weighted by molar-refractivity contribution is -0.139. The molecule has 0 radical (unpaired) electrons. The van der Waals surface area contributed by atoms with Gasteiger partial charge in [-0.1, -0.05) is 0 Å². The number of hydrogen-bond donors (Lipinski definition) is 2. The van der Waals surface area contributed by atoms with Gasteiger partial charge in [-0.25, -0.2) is 4.98 Å². The van der Waals surface area contributed by atoms with E-state index in [1.165, 1.54) is 18.3 Å². The molecule has 4 nitrogen and oxygen atoms in total. The molecule has 1 unspecified atom stereocenters. The van der Waals surface area contributed by atoms with Crippen molar-refractivity contribution in [1.29, 1.82) is 0 Å². The second-order valence-corrected chi connectivity index (χ2v) is 5.56. The van der Waals surface area contributed by atoms with Crippen LogP contribution in [0, 0.1) is 0 Å². The fourth-order valence-electron chi connectivity index (χ4n) is 1.54. The number of amides is 1. The molecular formula is C11H16F3N3OS. The van der Waals surface area contributed by atoms with Gasteiger partial charge in [-0.15, -0.1) is 11.3 Å². The first kappa shape index (κ1) is 15.9. The van der Waals surface area contributed by atoms with Gasteiger partial charge < -0.3 is 5.32 Å². The summed E-state index contributed by atoms with van der Waals surface area (Å²) in [6.07, 6.45) is -2.77. The van der Waals surface area contributed by atoms with E-state index in [-0.39, 0.29) is 0 Å². The summed E-state index contributed by atoms with van der Waals surface area (Å²) in [5.74, 6) is -0.693. The summed E-state index contributed by atoms with van der Waals surface area (Å²) >= 11 is 1.42. The van der Waals surface area contributed by atoms with Crippen molar-refractivity contribution in [2.24, 2.45) is 0 Å². The fourth-order valence-corrected chi connectivity index (χ4v) is 2.27. The van der Waals surface area contributed by atoms with E-state index in [2.05, 4.69) is 10.3 Å². The highest BCUT2D eigenvalue weighted by molar-refractivity contribution is 7.09. The largest absolute Gasteiger partial charge is 0.405 e. The Bertz CT molecular complexity index is 417. The molecule has 1 aromatic rings. The number of nitrogens with one attached hydrogen (secondary N) is 2. The van der Waals surface area contributed by atoms with Crippen molar-refractivity contribution in [2.75, 3.05) is 6.54 Å². The van der Waals surface area contributed by atoms with Crippen molar-refractivity contribution in [3.63, 3.8) is 0 Å². The van der Waals surface area contributed by atoms with Crippen LogP contribution in [-0.4, -0.2) is 29.7 Å². The van der Waals surface area contributed by atoms with Gasteiger partial charge in [0.15, 0.2) is 0 Å². The molecule has 0 fully saturated rings. The van der Waals surface area contributed by atoms with Gasteiger partial charge >= 0.3 is 6.18 Å². The zero-order valence-electron chi connectivity index (χ0n) is 10.8. The maximum absolute atomic E-state index is 12.0. The highest BCUT2D eigenvalue weighted by Gasteiger charge is 2.31. The Morgan fingerprint density at radius 3 is 2.58 bits per heavy atom. The van der Waals surface area contributed by atoms with E-state index in [4.69, 9.17) is 0 Å². The molecule has 8 heteroatoms. The lowest BCUT2D eigenvalue weighted by Gasteiger charge is -2.27. The van der Waals surface area contributed by atoms with E-state index in [1.807, 2.05) is 19.2 Å². The summed E-state index contributed by atoms with van der Waals surface area (Å²) in [7, 11) is 0. The van der Waals surface area contributed by atoms with E-state index in [9.17, 15) is 18.0 Å². The minimum atomic E-state index is -4.40. The first-order valence-electron chi connectivity index (χ1n) is 5.64. The number of alkyl halides is 3. The van der Waals surface area contributed by atoms with Crippen LogP contribution >= 0.6 is 11.3 Å². The summed E-state index contributed by atoms with van der Waals surface area (Å²) in [4.78, 5) is 15.7. The third-order valence-corrected chi connectivity index (χ3v) is 3.50. The minimum absolute atomic E-state index is 0.580. The van der Waals surface area contributed by atoms with Gasteiger partial charge in [0.2, 0.25) is 5.91 Å². The second-order valence-electron chi connectivity index (χ2n) is 4.66. The predicted molar refractivity (Wildman–Crippen MR) is 66.8 cm³/mol. The first-order valence-corrected chi connectivity index (χ1v) is 6.52. The van der Waals surface area contributed by atoms with Crippen LogP contribution in [0.25, 0.3) is 0 Å². The molecule has 1 rings (SSSR count). The van der Waals surface area contributed by atoms with Gasteiger partial charge in [-0.05, 0) is 20.8 Å². The van der Waals surface area contributed by atoms with E-state index in [0.29, 0.717) is 0 Å². The molecule has 0 bridgehead atoms. The van der Waals surface area contributed by atoms with Crippen molar-refractivity contribution in [2.45, 2.75) is 38.5 Å². The number of carbonyl (C=O) groups is 1. The molecule has 19 heavy (non-hydrogen) atoms. The van der Waals surface area contributed by atoms with Crippen LogP contribution in [-0.2, 0) is 10.3 Å². The Hall–Kier alpha value is -1.15. The number of hydrogen-bond acceptors (Lipinski definition) is 4. The van der Waals surface area contributed by atoms with Gasteiger partial charge in [0.05, 0.1) is 11.6 Å². The summed E-state index contributed by atoms with van der Waals surface area (Å²) in [6, 6.07) is -0.749. The van der Waals surface area contributed by atoms with E-state index >= 15 is 0 Å². The highest BCUT2D eigenvalue weighted by atomic mass is 32.1. The Kier molecular flexibility index (Phi) is 4.92. The first-order chi connectivity index (χ1) is 8.62. The van der Waals surface area contributed by atoms with Gasteiger partial charge in [-0.3, -0.25) is 10.1 Å². The maximum Gasteiger partial charge on any atom is 0.405 e. The molecule has 0 saturated carbocycles. The van der Waals surface area contributed by atoms with Crippen molar-refractivity contribution in [3.05, 3.63) is 16.6 Å². The number of aromatic nitrogens is 1. The molecule has 2 N–H and O–H groups in total. The predicted octanol–water partition coefficient (Wildman–Crippen LogP) is 2.03. The number of rotatable bonds is 5. The van der Waals surface area contributed by atoms with E-state index in [1.54, 1.807) is 11.6 Å². The lowest BCUT2D eigenvalue weighted by atomic mass is 10.1. The number of nitrogens with zero attached hydrogens (tertiary/aromatic N) is 1. The van der Waals surface area contributed by atoms with E-state index < -0.39 is 30.2 Å². The highest BCUT2D eigenvalue weighted by Crippen LogP contribution is 2.22. The SMILES string of the molecule is CC(NC(C)(C)c1nccs1)C(=O)NCC(F)(F)F. The number of thiazole rings is 1. The molecule has 0 aliphatic rings. The molecule has 0 saturated heterocycles. The van der Waals surface area contributed by atoms with Crippen molar-refractivity contribution in [3.8, 4) is 0 Å². The van der Waals surface area contributed by atoms with Crippen LogP contribution in [0.1, 0.15) is 25.8 Å². The van der Waals surface area contributed by atoms with Crippen molar-refractivity contribution >= 4 is 17.2 Å². The standard InChI is InChI=1S/C11H16F3N3OS/c1-7(8(18)16-6-11(12,13)14)17-10(2,3)9-15-4-5-19-9/h4-5,7,17H,6H2,1-3H3,(H,16,18). The fraction of sp³-hybridized carbons (Fsp3) is 0.636. The molecule has 1 heterocycles. The molecule has 108 valence electrons. The third-order valence-electron chi connectivity index (χ3n) is 2.40. The minimum Gasteiger partial charge on any atom is -0.346 e. The molecular weight excluding hydrogens is 279 g/mol. The Labute approximate surface area is 113 Å². The molecule has 1 amide bonds. The summed E-state index contributed by atoms with van der Waals surface area (Å²) < 4.78 is 36.0. The van der Waals surface area contributed by atoms with Gasteiger partial charge in [0, 0.05) is 11.6 Å². The van der Waals surface area contributed by atoms with Gasteiger partial charge in [-0.2, -0.15) is 13.2 Å². The summed E-state index contributed by atoms with van der Waals surface area (Å²) in [5, 5.41) is 7.38. The van der Waals surface area contributed by atoms with Crippen molar-refractivity contribution in [1.82, 2.24) is 15.6 Å². The van der Waals surface area contributed by atoms with E-state index in [0.717, 1.165) is 5.01 Å². The monoisotopic (exact) mass is 295 g/mol. The quantitative estimate of drug-likeness (QED) is 0.874. The lowest BCUT2D eigenvalue weighted by Crippen LogP contribution is -2.51. The van der Waals surface area contributed by atoms with Crippen LogP contribution in [0.5, 0.6) is 0 Å². The Morgan fingerprint density at radius 2 is 2.11 bits per heavy atom. The van der Waals surface area contributed by atoms with Crippen LogP contribution in [0.2, 0.25) is 0 Å². The van der Waals surface area contributed by atoms with Crippen LogP contribution < -0.4 is 10.6 Å². The maximum atomic E-state index is 12.0. The van der Waals surface area contributed by atoms with Crippen LogP contribution in [0.15, 0.2) is 11.6 Å². The zero-order chi connectivity index (χ0) is 14.7. The molecule has 0 aromatic carbocycles. The number of carbonyl (C=O) groups excluding carboxylic acids is 1. The Morgan fingerprint density at radius 1 is 1.47 bits per heavy atom. The van der Waals surface area contributed by atoms with Crippen LogP contribution in [0.3, 0.4) is 0 Å². The average Bonchev–Trinajstić information content (AvgIpc) is 2.78. The zero-order valence-corrected chi connectivity index (χ0v) is 11.7. The average molecular weight is 295 g/mol. The summed E-state index contributed by atoms with van der Waals surface area (Å²) in [6.45, 7) is 3.83. The Balaban J connectivity index is 2.54.